The van der Waals surface area contributed by atoms with Gasteiger partial charge in [0.2, 0.25) is 0 Å². The zero-order valence-electron chi connectivity index (χ0n) is 11.3. The van der Waals surface area contributed by atoms with Gasteiger partial charge in [0.05, 0.1) is 18.7 Å². The van der Waals surface area contributed by atoms with Gasteiger partial charge >= 0.3 is 0 Å². The van der Waals surface area contributed by atoms with Crippen molar-refractivity contribution in [3.63, 3.8) is 0 Å². The van der Waals surface area contributed by atoms with Crippen LogP contribution in [0.15, 0.2) is 4.99 Å². The van der Waals surface area contributed by atoms with E-state index in [-0.39, 0.29) is 5.84 Å². The lowest BCUT2D eigenvalue weighted by molar-refractivity contribution is -0.113. The van der Waals surface area contributed by atoms with Crippen molar-refractivity contribution in [2.24, 2.45) is 10.7 Å². The fourth-order valence-electron chi connectivity index (χ4n) is 2.45. The minimum absolute atomic E-state index is 0.0829. The van der Waals surface area contributed by atoms with Crippen LogP contribution in [0.1, 0.15) is 6.92 Å². The molecule has 9 nitrogen and oxygen atoms in total. The van der Waals surface area contributed by atoms with Gasteiger partial charge in [-0.25, -0.2) is 4.39 Å². The number of nitrogens with zero attached hydrogens (tertiary/aromatic N) is 1. The van der Waals surface area contributed by atoms with Gasteiger partial charge in [-0.2, -0.15) is 0 Å². The van der Waals surface area contributed by atoms with Crippen LogP contribution in [0, 0.1) is 5.41 Å². The van der Waals surface area contributed by atoms with Gasteiger partial charge < -0.3 is 26.0 Å². The van der Waals surface area contributed by atoms with Crippen LogP contribution < -0.4 is 16.4 Å². The summed E-state index contributed by atoms with van der Waals surface area (Å²) in [5.74, 6) is -1.32. The Kier molecular flexibility index (Phi) is 4.40. The van der Waals surface area contributed by atoms with Gasteiger partial charge in [-0.1, -0.05) is 0 Å². The number of amidine groups is 1. The highest BCUT2D eigenvalue weighted by Crippen LogP contribution is 2.29. The van der Waals surface area contributed by atoms with Gasteiger partial charge in [0.1, 0.15) is 18.3 Å². The molecule has 0 saturated carbocycles. The van der Waals surface area contributed by atoms with Crippen molar-refractivity contribution < 1.29 is 24.1 Å². The van der Waals surface area contributed by atoms with Gasteiger partial charge in [0.25, 0.3) is 5.91 Å². The topological polar surface area (TPSA) is 153 Å². The van der Waals surface area contributed by atoms with Crippen molar-refractivity contribution in [2.45, 2.75) is 43.5 Å². The Hall–Kier alpha value is -1.78. The summed E-state index contributed by atoms with van der Waals surface area (Å²) in [7, 11) is 0. The number of hydrogen-bond acceptors (Lipinski definition) is 7. The number of aliphatic hydroxyl groups excluding tert-OH is 2. The summed E-state index contributed by atoms with van der Waals surface area (Å²) < 4.78 is 19.3. The molecule has 21 heavy (non-hydrogen) atoms. The predicted octanol–water partition coefficient (Wildman–Crippen LogP) is -2.79. The fraction of sp³-hybridized carbons (Fsp3) is 0.727. The molecule has 6 atom stereocenters. The molecule has 2 aliphatic rings. The van der Waals surface area contributed by atoms with Crippen molar-refractivity contribution in [3.8, 4) is 0 Å². The lowest BCUT2D eigenvalue weighted by Gasteiger charge is -2.24. The average Bonchev–Trinajstić information content (AvgIpc) is 2.92. The maximum atomic E-state index is 14.1. The van der Waals surface area contributed by atoms with Gasteiger partial charge in [-0.05, 0) is 6.92 Å². The van der Waals surface area contributed by atoms with Crippen LogP contribution in [0.4, 0.5) is 4.39 Å². The number of aliphatic hydroxyl groups is 2. The number of alkyl halides is 1. The molecule has 2 aliphatic heterocycles. The first kappa shape index (κ1) is 15.6. The second-order valence-corrected chi connectivity index (χ2v) is 5.01. The van der Waals surface area contributed by atoms with Crippen LogP contribution >= 0.6 is 0 Å². The number of nitrogens with two attached hydrogens (primary N) is 1. The van der Waals surface area contributed by atoms with E-state index in [2.05, 4.69) is 15.6 Å². The number of amides is 1. The van der Waals surface area contributed by atoms with E-state index in [0.29, 0.717) is 0 Å². The molecule has 7 N–H and O–H groups in total. The highest BCUT2D eigenvalue weighted by Gasteiger charge is 2.50. The van der Waals surface area contributed by atoms with Crippen molar-refractivity contribution in [2.75, 3.05) is 6.61 Å². The molecular formula is C11H18FN5O4. The summed E-state index contributed by atoms with van der Waals surface area (Å²) in [6.07, 6.45) is -5.18. The number of guanidine groups is 1. The summed E-state index contributed by atoms with van der Waals surface area (Å²) in [4.78, 5) is 15.7. The molecule has 0 aromatic carbocycles. The number of carbonyl (C=O) groups is 1. The Balaban J connectivity index is 2.04. The van der Waals surface area contributed by atoms with Crippen LogP contribution in [0.25, 0.3) is 0 Å². The summed E-state index contributed by atoms with van der Waals surface area (Å²) in [6.45, 7) is 1.15. The Labute approximate surface area is 119 Å². The van der Waals surface area contributed by atoms with Crippen molar-refractivity contribution in [1.29, 1.82) is 5.41 Å². The highest BCUT2D eigenvalue weighted by molar-refractivity contribution is 6.40. The number of rotatable bonds is 3. The maximum absolute atomic E-state index is 14.1. The summed E-state index contributed by atoms with van der Waals surface area (Å²) >= 11 is 0. The molecule has 0 aromatic heterocycles. The third kappa shape index (κ3) is 2.96. The lowest BCUT2D eigenvalue weighted by atomic mass is 9.99. The van der Waals surface area contributed by atoms with E-state index in [1.165, 1.54) is 0 Å². The third-order valence-electron chi connectivity index (χ3n) is 3.51. The van der Waals surface area contributed by atoms with E-state index in [0.717, 1.165) is 0 Å². The van der Waals surface area contributed by atoms with Crippen molar-refractivity contribution >= 4 is 17.7 Å². The first-order valence-electron chi connectivity index (χ1n) is 6.43. The van der Waals surface area contributed by atoms with E-state index in [1.807, 2.05) is 0 Å². The zero-order chi connectivity index (χ0) is 15.7. The normalized spacial score (nSPS) is 38.8. The molecule has 1 fully saturated rings. The van der Waals surface area contributed by atoms with Crippen LogP contribution in [0.3, 0.4) is 0 Å². The first-order valence-corrected chi connectivity index (χ1v) is 6.43. The summed E-state index contributed by atoms with van der Waals surface area (Å²) in [5, 5.41) is 30.4. The molecule has 0 aromatic rings. The molecule has 10 heteroatoms. The van der Waals surface area contributed by atoms with E-state index in [9.17, 15) is 14.3 Å². The number of hydrogen-bond donors (Lipinski definition) is 6. The van der Waals surface area contributed by atoms with Crippen LogP contribution in [0.5, 0.6) is 0 Å². The monoisotopic (exact) mass is 303 g/mol. The molecule has 0 bridgehead atoms. The van der Waals surface area contributed by atoms with Crippen LogP contribution in [-0.4, -0.2) is 71.1 Å². The Morgan fingerprint density at radius 2 is 2.33 bits per heavy atom. The van der Waals surface area contributed by atoms with Crippen molar-refractivity contribution in [3.05, 3.63) is 0 Å². The van der Waals surface area contributed by atoms with E-state index in [1.54, 1.807) is 6.92 Å². The second kappa shape index (κ2) is 5.92. The lowest BCUT2D eigenvalue weighted by Crippen LogP contribution is -2.51. The molecule has 2 rings (SSSR count). The summed E-state index contributed by atoms with van der Waals surface area (Å²) in [5.41, 5.74) is 5.05. The predicted molar refractivity (Wildman–Crippen MR) is 70.5 cm³/mol. The number of aliphatic imine (C=N–C) groups is 1. The molecule has 0 radical (unpaired) electrons. The first-order chi connectivity index (χ1) is 9.85. The molecule has 2 unspecified atom stereocenters. The molecule has 118 valence electrons. The molecule has 0 aliphatic carbocycles. The maximum Gasteiger partial charge on any atom is 0.293 e. The van der Waals surface area contributed by atoms with Gasteiger partial charge in [-0.3, -0.25) is 20.5 Å². The zero-order valence-corrected chi connectivity index (χ0v) is 11.3. The van der Waals surface area contributed by atoms with E-state index in [4.69, 9.17) is 21.0 Å². The van der Waals surface area contributed by atoms with Crippen LogP contribution in [0.2, 0.25) is 0 Å². The number of carbonyl (C=O) groups excluding carboxylic acids is 1. The Bertz CT molecular complexity index is 474. The van der Waals surface area contributed by atoms with E-state index >= 15 is 0 Å². The van der Waals surface area contributed by atoms with Gasteiger partial charge in [-0.15, -0.1) is 0 Å². The number of ether oxygens (including phenoxy) is 1. The Morgan fingerprint density at radius 3 is 2.86 bits per heavy atom. The SMILES string of the molecule is CC1N=C(C(=O)NC(=N)N)NC1[C@@H]1O[C@H](CO)[C@@H](O)[C@H]1F. The minimum atomic E-state index is -1.70. The largest absolute Gasteiger partial charge is 0.394 e. The highest BCUT2D eigenvalue weighted by atomic mass is 19.1. The van der Waals surface area contributed by atoms with Gasteiger partial charge in [0, 0.05) is 0 Å². The second-order valence-electron chi connectivity index (χ2n) is 5.01. The molecular weight excluding hydrogens is 285 g/mol. The minimum Gasteiger partial charge on any atom is -0.394 e. The molecule has 0 spiro atoms. The fourth-order valence-corrected chi connectivity index (χ4v) is 2.45. The van der Waals surface area contributed by atoms with Gasteiger partial charge in [0.15, 0.2) is 18.0 Å². The molecule has 1 saturated heterocycles. The standard InChI is InChI=1S/C11H18FN5O4/c1-3-6(8-5(12)7(19)4(2-18)21-8)16-9(15-3)10(20)17-11(13)14/h3-8,18-19H,2H2,1H3,(H,15,16)(H4,13,14,17,20)/t3?,4-,5-,6?,7-,8-/m1/s1. The number of halogens is 1. The van der Waals surface area contributed by atoms with Crippen molar-refractivity contribution in [1.82, 2.24) is 10.6 Å². The Morgan fingerprint density at radius 1 is 1.67 bits per heavy atom. The molecule has 1 amide bonds. The quantitative estimate of drug-likeness (QED) is 0.245. The van der Waals surface area contributed by atoms with Crippen LogP contribution in [-0.2, 0) is 9.53 Å². The average molecular weight is 303 g/mol. The number of nitrogens with one attached hydrogen (secondary N) is 3. The summed E-state index contributed by atoms with van der Waals surface area (Å²) in [6, 6.07) is -1.15. The smallest absolute Gasteiger partial charge is 0.293 e. The molecule has 2 heterocycles. The third-order valence-corrected chi connectivity index (χ3v) is 3.51. The van der Waals surface area contributed by atoms with E-state index < -0.39 is 55.0 Å².